The van der Waals surface area contributed by atoms with E-state index in [9.17, 15) is 0 Å². The van der Waals surface area contributed by atoms with Gasteiger partial charge in [-0.25, -0.2) is 0 Å². The molecule has 51 heavy (non-hydrogen) atoms. The molecule has 0 bridgehead atoms. The molecule has 1 nitrogen and oxygen atoms in total. The van der Waals surface area contributed by atoms with Crippen LogP contribution in [0.4, 0.5) is 0 Å². The second-order valence-corrected chi connectivity index (χ2v) is 13.4. The fraction of sp³-hybridized carbons (Fsp3) is 0.0600. The summed E-state index contributed by atoms with van der Waals surface area (Å²) in [5.41, 5.74) is 13.3. The first-order chi connectivity index (χ1) is 25.2. The Bertz CT molecular complexity index is 2600. The lowest BCUT2D eigenvalue weighted by molar-refractivity contribution is 0.923. The minimum atomic E-state index is 1.01. The SMILES string of the molecule is CCCc1ccc(-c2cccc(-c3cc(-c4cccc5ccccc45)cc(-c4cccc5ccccc45)c3)c2)cc1-c1nccc2ccccc12. The maximum absolute atomic E-state index is 4.94. The van der Waals surface area contributed by atoms with Gasteiger partial charge < -0.3 is 0 Å². The van der Waals surface area contributed by atoms with E-state index in [4.69, 9.17) is 4.98 Å². The number of hydrogen-bond acceptors (Lipinski definition) is 1. The predicted molar refractivity (Wildman–Crippen MR) is 218 cm³/mol. The molecule has 1 aromatic heterocycles. The van der Waals surface area contributed by atoms with Crippen LogP contribution in [-0.2, 0) is 6.42 Å². The van der Waals surface area contributed by atoms with E-state index >= 15 is 0 Å². The average Bonchev–Trinajstić information content (AvgIpc) is 3.20. The first-order valence-electron chi connectivity index (χ1n) is 17.9. The molecular formula is C50H37N. The lowest BCUT2D eigenvalue weighted by Crippen LogP contribution is -1.94. The summed E-state index contributed by atoms with van der Waals surface area (Å²) in [6.45, 7) is 2.25. The molecule has 0 unspecified atom stereocenters. The van der Waals surface area contributed by atoms with Crippen LogP contribution in [0.25, 0.3) is 88.1 Å². The average molecular weight is 652 g/mol. The van der Waals surface area contributed by atoms with Crippen LogP contribution in [0.5, 0.6) is 0 Å². The number of nitrogens with zero attached hydrogens (tertiary/aromatic N) is 1. The van der Waals surface area contributed by atoms with Gasteiger partial charge in [0.25, 0.3) is 0 Å². The highest BCUT2D eigenvalue weighted by Gasteiger charge is 2.15. The Labute approximate surface area is 299 Å². The van der Waals surface area contributed by atoms with Crippen LogP contribution in [0.1, 0.15) is 18.9 Å². The quantitative estimate of drug-likeness (QED) is 0.167. The normalized spacial score (nSPS) is 11.4. The van der Waals surface area contributed by atoms with Gasteiger partial charge in [-0.2, -0.15) is 0 Å². The topological polar surface area (TPSA) is 12.9 Å². The van der Waals surface area contributed by atoms with Crippen molar-refractivity contribution in [1.82, 2.24) is 4.98 Å². The van der Waals surface area contributed by atoms with E-state index in [1.54, 1.807) is 0 Å². The number of aryl methyl sites for hydroxylation is 1. The van der Waals surface area contributed by atoms with Crippen LogP contribution in [0.15, 0.2) is 182 Å². The summed E-state index contributed by atoms with van der Waals surface area (Å²) >= 11 is 0. The van der Waals surface area contributed by atoms with E-state index in [0.717, 1.165) is 18.5 Å². The van der Waals surface area contributed by atoms with Crippen molar-refractivity contribution in [2.45, 2.75) is 19.8 Å². The lowest BCUT2D eigenvalue weighted by atomic mass is 9.89. The fourth-order valence-corrected chi connectivity index (χ4v) is 7.74. The number of pyridine rings is 1. The summed E-state index contributed by atoms with van der Waals surface area (Å²) in [5.74, 6) is 0. The molecule has 0 aliphatic rings. The monoisotopic (exact) mass is 651 g/mol. The third-order valence-corrected chi connectivity index (χ3v) is 10.2. The van der Waals surface area contributed by atoms with Crippen molar-refractivity contribution >= 4 is 32.3 Å². The highest BCUT2D eigenvalue weighted by atomic mass is 14.7. The lowest BCUT2D eigenvalue weighted by Gasteiger charge is -2.16. The Morgan fingerprint density at radius 2 is 0.863 bits per heavy atom. The number of hydrogen-bond donors (Lipinski definition) is 0. The van der Waals surface area contributed by atoms with Crippen LogP contribution >= 0.6 is 0 Å². The van der Waals surface area contributed by atoms with E-state index < -0.39 is 0 Å². The van der Waals surface area contributed by atoms with Crippen molar-refractivity contribution in [2.24, 2.45) is 0 Å². The van der Waals surface area contributed by atoms with Gasteiger partial charge in [0.05, 0.1) is 5.69 Å². The number of aromatic nitrogens is 1. The summed E-state index contributed by atoms with van der Waals surface area (Å²) in [4.78, 5) is 4.94. The smallest absolute Gasteiger partial charge is 0.0783 e. The highest BCUT2D eigenvalue weighted by molar-refractivity contribution is 6.02. The molecule has 0 N–H and O–H groups in total. The van der Waals surface area contributed by atoms with Crippen LogP contribution in [0.3, 0.4) is 0 Å². The Morgan fingerprint density at radius 3 is 1.51 bits per heavy atom. The molecule has 9 rings (SSSR count). The van der Waals surface area contributed by atoms with E-state index in [1.165, 1.54) is 88.0 Å². The van der Waals surface area contributed by atoms with Crippen molar-refractivity contribution in [1.29, 1.82) is 0 Å². The third-order valence-electron chi connectivity index (χ3n) is 10.2. The van der Waals surface area contributed by atoms with Gasteiger partial charge in [0.1, 0.15) is 0 Å². The van der Waals surface area contributed by atoms with Gasteiger partial charge in [-0.1, -0.05) is 153 Å². The van der Waals surface area contributed by atoms with E-state index in [1.807, 2.05) is 6.20 Å². The largest absolute Gasteiger partial charge is 0.256 e. The van der Waals surface area contributed by atoms with Crippen molar-refractivity contribution in [3.63, 3.8) is 0 Å². The van der Waals surface area contributed by atoms with Gasteiger partial charge >= 0.3 is 0 Å². The molecule has 1 heterocycles. The third kappa shape index (κ3) is 5.77. The van der Waals surface area contributed by atoms with Gasteiger partial charge in [-0.05, 0) is 120 Å². The molecular weight excluding hydrogens is 615 g/mol. The first kappa shape index (κ1) is 30.7. The standard InChI is InChI=1S/C50H37N/c1-2-12-34-25-26-40(33-49(34)50-48-22-8-5-15-37(48)27-28-51-50)38-18-9-19-39(29-38)41-30-42(46-23-10-16-35-13-3-6-20-44(35)46)32-43(31-41)47-24-11-17-36-14-4-7-21-45(36)47/h3-11,13-33H,2,12H2,1H3. The Morgan fingerprint density at radius 1 is 0.373 bits per heavy atom. The zero-order valence-corrected chi connectivity index (χ0v) is 28.7. The van der Waals surface area contributed by atoms with Gasteiger partial charge in [0, 0.05) is 17.1 Å². The minimum absolute atomic E-state index is 1.01. The zero-order valence-electron chi connectivity index (χ0n) is 28.7. The fourth-order valence-electron chi connectivity index (χ4n) is 7.74. The van der Waals surface area contributed by atoms with E-state index in [2.05, 4.69) is 183 Å². The van der Waals surface area contributed by atoms with Crippen molar-refractivity contribution < 1.29 is 0 Å². The van der Waals surface area contributed by atoms with Crippen LogP contribution in [0.2, 0.25) is 0 Å². The molecule has 0 saturated heterocycles. The molecule has 1 heteroatoms. The molecule has 0 aliphatic carbocycles. The van der Waals surface area contributed by atoms with Crippen LogP contribution < -0.4 is 0 Å². The Kier molecular flexibility index (Phi) is 7.95. The second kappa shape index (κ2) is 13.2. The van der Waals surface area contributed by atoms with Crippen molar-refractivity contribution in [3.05, 3.63) is 188 Å². The van der Waals surface area contributed by atoms with E-state index in [-0.39, 0.29) is 0 Å². The molecule has 242 valence electrons. The zero-order chi connectivity index (χ0) is 34.1. The number of benzene rings is 8. The maximum atomic E-state index is 4.94. The molecule has 0 radical (unpaired) electrons. The highest BCUT2D eigenvalue weighted by Crippen LogP contribution is 2.40. The van der Waals surface area contributed by atoms with Crippen molar-refractivity contribution in [2.75, 3.05) is 0 Å². The molecule has 0 saturated carbocycles. The van der Waals surface area contributed by atoms with Crippen molar-refractivity contribution in [3.8, 4) is 55.8 Å². The predicted octanol–water partition coefficient (Wildman–Crippen LogP) is 13.8. The molecule has 9 aromatic rings. The minimum Gasteiger partial charge on any atom is -0.256 e. The number of fused-ring (bicyclic) bond motifs is 3. The second-order valence-electron chi connectivity index (χ2n) is 13.4. The first-order valence-corrected chi connectivity index (χ1v) is 17.9. The van der Waals surface area contributed by atoms with Gasteiger partial charge in [-0.15, -0.1) is 0 Å². The van der Waals surface area contributed by atoms with Gasteiger partial charge in [0.2, 0.25) is 0 Å². The van der Waals surface area contributed by atoms with Crippen LogP contribution in [0, 0.1) is 0 Å². The summed E-state index contributed by atoms with van der Waals surface area (Å²) < 4.78 is 0. The maximum Gasteiger partial charge on any atom is 0.0783 e. The molecule has 0 fully saturated rings. The van der Waals surface area contributed by atoms with E-state index in [0.29, 0.717) is 0 Å². The van der Waals surface area contributed by atoms with Gasteiger partial charge in [0.15, 0.2) is 0 Å². The molecule has 8 aromatic carbocycles. The van der Waals surface area contributed by atoms with Gasteiger partial charge in [-0.3, -0.25) is 4.98 Å². The summed E-state index contributed by atoms with van der Waals surface area (Å²) in [6, 6.07) is 64.4. The Balaban J connectivity index is 1.22. The summed E-state index contributed by atoms with van der Waals surface area (Å²) in [7, 11) is 0. The summed E-state index contributed by atoms with van der Waals surface area (Å²) in [6.07, 6.45) is 4.04. The molecule has 0 spiro atoms. The molecule has 0 aliphatic heterocycles. The number of rotatable bonds is 7. The summed E-state index contributed by atoms with van der Waals surface area (Å²) in [5, 5.41) is 7.42. The Hall–Kier alpha value is -6.31. The molecule has 0 amide bonds. The molecule has 0 atom stereocenters. The van der Waals surface area contributed by atoms with Crippen LogP contribution in [-0.4, -0.2) is 4.98 Å².